The molecule has 0 aliphatic carbocycles. The highest BCUT2D eigenvalue weighted by Gasteiger charge is 2.01. The van der Waals surface area contributed by atoms with Gasteiger partial charge in [0.15, 0.2) is 12.2 Å². The highest BCUT2D eigenvalue weighted by atomic mass is 35.5. The molecule has 0 unspecified atom stereocenters. The maximum atomic E-state index is 6.23. The number of anilines is 1. The molecule has 0 aliphatic heterocycles. The fourth-order valence-corrected chi connectivity index (χ4v) is 2.48. The molecule has 3 aromatic rings. The van der Waals surface area contributed by atoms with Crippen LogP contribution in [0.1, 0.15) is 11.1 Å². The molecule has 3 rings (SSSR count). The van der Waals surface area contributed by atoms with Crippen molar-refractivity contribution in [2.45, 2.75) is 6.54 Å². The van der Waals surface area contributed by atoms with Gasteiger partial charge in [-0.25, -0.2) is 4.98 Å². The van der Waals surface area contributed by atoms with Crippen molar-refractivity contribution in [2.24, 2.45) is 5.10 Å². The van der Waals surface area contributed by atoms with Crippen LogP contribution < -0.4 is 10.7 Å². The summed E-state index contributed by atoms with van der Waals surface area (Å²) in [5, 5.41) is 8.05. The minimum Gasteiger partial charge on any atom is -0.444 e. The third-order valence-electron chi connectivity index (χ3n) is 3.45. The van der Waals surface area contributed by atoms with E-state index < -0.39 is 0 Å². The standard InChI is InChI=1S/C18H17ClN4O/c1-20-10-15-3-2-13(8-17(15)19)9-22-23-16-6-4-14(5-7-16)18-11-21-12-24-18/h2-9,11-12,20,23H,10H2,1H3/b22-9+. The van der Waals surface area contributed by atoms with E-state index in [2.05, 4.69) is 20.8 Å². The summed E-state index contributed by atoms with van der Waals surface area (Å²) in [4.78, 5) is 3.91. The van der Waals surface area contributed by atoms with Gasteiger partial charge in [-0.3, -0.25) is 5.43 Å². The van der Waals surface area contributed by atoms with Crippen LogP contribution in [-0.2, 0) is 6.54 Å². The average molecular weight is 341 g/mol. The lowest BCUT2D eigenvalue weighted by Gasteiger charge is -2.04. The van der Waals surface area contributed by atoms with Crippen molar-refractivity contribution in [1.29, 1.82) is 0 Å². The van der Waals surface area contributed by atoms with Crippen molar-refractivity contribution in [3.63, 3.8) is 0 Å². The topological polar surface area (TPSA) is 62.5 Å². The maximum absolute atomic E-state index is 6.23. The summed E-state index contributed by atoms with van der Waals surface area (Å²) in [6.07, 6.45) is 4.83. The molecule has 0 fully saturated rings. The summed E-state index contributed by atoms with van der Waals surface area (Å²) >= 11 is 6.23. The Kier molecular flexibility index (Phi) is 5.25. The molecule has 2 aromatic carbocycles. The van der Waals surface area contributed by atoms with Gasteiger partial charge in [-0.15, -0.1) is 0 Å². The van der Waals surface area contributed by atoms with E-state index in [1.807, 2.05) is 49.5 Å². The van der Waals surface area contributed by atoms with Crippen LogP contribution in [0.3, 0.4) is 0 Å². The molecule has 6 heteroatoms. The highest BCUT2D eigenvalue weighted by Crippen LogP contribution is 2.21. The number of oxazole rings is 1. The summed E-state index contributed by atoms with van der Waals surface area (Å²) in [5.74, 6) is 0.737. The first kappa shape index (κ1) is 16.2. The van der Waals surface area contributed by atoms with Gasteiger partial charge in [-0.2, -0.15) is 5.10 Å². The molecule has 0 bridgehead atoms. The quantitative estimate of drug-likeness (QED) is 0.522. The van der Waals surface area contributed by atoms with Gasteiger partial charge in [0.05, 0.1) is 18.1 Å². The predicted octanol–water partition coefficient (Wildman–Crippen LogP) is 4.16. The minimum absolute atomic E-state index is 0.727. The Morgan fingerprint density at radius 3 is 2.71 bits per heavy atom. The Morgan fingerprint density at radius 2 is 2.04 bits per heavy atom. The number of halogens is 1. The van der Waals surface area contributed by atoms with E-state index in [-0.39, 0.29) is 0 Å². The SMILES string of the molecule is CNCc1ccc(/C=N/Nc2ccc(-c3cnco3)cc2)cc1Cl. The van der Waals surface area contributed by atoms with E-state index >= 15 is 0 Å². The molecule has 0 aliphatic rings. The van der Waals surface area contributed by atoms with Gasteiger partial charge in [0, 0.05) is 17.1 Å². The van der Waals surface area contributed by atoms with Crippen molar-refractivity contribution in [3.8, 4) is 11.3 Å². The summed E-state index contributed by atoms with van der Waals surface area (Å²) in [7, 11) is 1.89. The smallest absolute Gasteiger partial charge is 0.181 e. The van der Waals surface area contributed by atoms with E-state index in [1.54, 1.807) is 12.4 Å². The highest BCUT2D eigenvalue weighted by molar-refractivity contribution is 6.31. The van der Waals surface area contributed by atoms with E-state index in [0.717, 1.165) is 39.7 Å². The summed E-state index contributed by atoms with van der Waals surface area (Å²) < 4.78 is 5.26. The Labute approximate surface area is 145 Å². The number of nitrogens with one attached hydrogen (secondary N) is 2. The zero-order valence-corrected chi connectivity index (χ0v) is 13.9. The first-order valence-corrected chi connectivity index (χ1v) is 7.85. The van der Waals surface area contributed by atoms with Gasteiger partial charge < -0.3 is 9.73 Å². The van der Waals surface area contributed by atoms with Crippen LogP contribution in [0, 0.1) is 0 Å². The van der Waals surface area contributed by atoms with Crippen molar-refractivity contribution in [3.05, 3.63) is 71.2 Å². The van der Waals surface area contributed by atoms with Gasteiger partial charge >= 0.3 is 0 Å². The lowest BCUT2D eigenvalue weighted by Crippen LogP contribution is -2.05. The third kappa shape index (κ3) is 4.01. The predicted molar refractivity (Wildman–Crippen MR) is 97.4 cm³/mol. The zero-order valence-electron chi connectivity index (χ0n) is 13.2. The number of hydrogen-bond donors (Lipinski definition) is 2. The molecular weight excluding hydrogens is 324 g/mol. The Morgan fingerprint density at radius 1 is 1.21 bits per heavy atom. The second-order valence-corrected chi connectivity index (χ2v) is 5.60. The Balaban J connectivity index is 1.63. The van der Waals surface area contributed by atoms with Crippen molar-refractivity contribution < 1.29 is 4.42 Å². The van der Waals surface area contributed by atoms with Crippen LogP contribution in [0.15, 0.2) is 64.6 Å². The molecule has 24 heavy (non-hydrogen) atoms. The van der Waals surface area contributed by atoms with Gasteiger partial charge in [0.1, 0.15) is 0 Å². The fraction of sp³-hybridized carbons (Fsp3) is 0.111. The van der Waals surface area contributed by atoms with E-state index in [0.29, 0.717) is 0 Å². The lowest BCUT2D eigenvalue weighted by molar-refractivity contribution is 0.572. The summed E-state index contributed by atoms with van der Waals surface area (Å²) in [6, 6.07) is 13.6. The molecule has 0 radical (unpaired) electrons. The molecule has 2 N–H and O–H groups in total. The number of benzene rings is 2. The average Bonchev–Trinajstić information content (AvgIpc) is 3.13. The third-order valence-corrected chi connectivity index (χ3v) is 3.81. The summed E-state index contributed by atoms with van der Waals surface area (Å²) in [6.45, 7) is 0.742. The lowest BCUT2D eigenvalue weighted by atomic mass is 10.1. The van der Waals surface area contributed by atoms with Crippen molar-refractivity contribution >= 4 is 23.5 Å². The molecule has 0 saturated carbocycles. The number of hydrogen-bond acceptors (Lipinski definition) is 5. The van der Waals surface area contributed by atoms with Crippen LogP contribution in [0.2, 0.25) is 5.02 Å². The minimum atomic E-state index is 0.727. The fourth-order valence-electron chi connectivity index (χ4n) is 2.23. The second kappa shape index (κ2) is 7.77. The van der Waals surface area contributed by atoms with E-state index in [1.165, 1.54) is 6.39 Å². The molecule has 1 heterocycles. The van der Waals surface area contributed by atoms with Crippen LogP contribution in [0.25, 0.3) is 11.3 Å². The normalized spacial score (nSPS) is 11.1. The zero-order chi connectivity index (χ0) is 16.8. The number of hydrazone groups is 1. The summed E-state index contributed by atoms with van der Waals surface area (Å²) in [5.41, 5.74) is 6.84. The molecule has 1 aromatic heterocycles. The van der Waals surface area contributed by atoms with Crippen molar-refractivity contribution in [2.75, 3.05) is 12.5 Å². The first-order chi connectivity index (χ1) is 11.8. The van der Waals surface area contributed by atoms with Crippen LogP contribution in [0.5, 0.6) is 0 Å². The second-order valence-electron chi connectivity index (χ2n) is 5.19. The number of nitrogens with zero attached hydrogens (tertiary/aromatic N) is 2. The van der Waals surface area contributed by atoms with Gasteiger partial charge in [-0.1, -0.05) is 23.7 Å². The Hall–Kier alpha value is -2.63. The molecule has 0 saturated heterocycles. The van der Waals surface area contributed by atoms with Crippen LogP contribution >= 0.6 is 11.6 Å². The molecule has 122 valence electrons. The Bertz CT molecular complexity index is 814. The van der Waals surface area contributed by atoms with Crippen LogP contribution in [0.4, 0.5) is 5.69 Å². The van der Waals surface area contributed by atoms with Crippen LogP contribution in [-0.4, -0.2) is 18.2 Å². The van der Waals surface area contributed by atoms with Crippen molar-refractivity contribution in [1.82, 2.24) is 10.3 Å². The molecule has 0 atom stereocenters. The first-order valence-electron chi connectivity index (χ1n) is 7.47. The number of aromatic nitrogens is 1. The monoisotopic (exact) mass is 340 g/mol. The van der Waals surface area contributed by atoms with Gasteiger partial charge in [0.2, 0.25) is 0 Å². The molecule has 5 nitrogen and oxygen atoms in total. The van der Waals surface area contributed by atoms with Gasteiger partial charge in [-0.05, 0) is 48.5 Å². The maximum Gasteiger partial charge on any atom is 0.181 e. The molecule has 0 spiro atoms. The van der Waals surface area contributed by atoms with Gasteiger partial charge in [0.25, 0.3) is 0 Å². The molecular formula is C18H17ClN4O. The largest absolute Gasteiger partial charge is 0.444 e. The molecule has 0 amide bonds. The van der Waals surface area contributed by atoms with E-state index in [4.69, 9.17) is 16.0 Å². The number of rotatable bonds is 6. The van der Waals surface area contributed by atoms with E-state index in [9.17, 15) is 0 Å².